The minimum atomic E-state index is 0.559. The van der Waals surface area contributed by atoms with Crippen molar-refractivity contribution in [3.63, 3.8) is 0 Å². The molecule has 1 aliphatic rings. The maximum absolute atomic E-state index is 5.80. The molecule has 0 bridgehead atoms. The van der Waals surface area contributed by atoms with Gasteiger partial charge in [0.15, 0.2) is 0 Å². The lowest BCUT2D eigenvalue weighted by atomic mass is 10.0. The highest BCUT2D eigenvalue weighted by Crippen LogP contribution is 2.15. The van der Waals surface area contributed by atoms with Gasteiger partial charge < -0.3 is 5.73 Å². The molecule has 1 heterocycles. The quantitative estimate of drug-likeness (QED) is 0.711. The van der Waals surface area contributed by atoms with Gasteiger partial charge in [0, 0.05) is 5.56 Å². The number of aryl methyl sites for hydroxylation is 1. The van der Waals surface area contributed by atoms with Gasteiger partial charge in [0.1, 0.15) is 12.2 Å². The molecule has 72 valence electrons. The van der Waals surface area contributed by atoms with E-state index >= 15 is 0 Å². The number of nitrogens with zero attached hydrogens (tertiary/aromatic N) is 2. The lowest BCUT2D eigenvalue weighted by Gasteiger charge is -2.06. The maximum Gasteiger partial charge on any atom is 0.132 e. The van der Waals surface area contributed by atoms with Crippen molar-refractivity contribution in [1.82, 2.24) is 0 Å². The third kappa shape index (κ3) is 1.53. The Morgan fingerprint density at radius 2 is 2.29 bits per heavy atom. The average Bonchev–Trinajstić information content (AvgIpc) is 2.40. The standard InChI is InChI=1S/C11H13N3/c1-2-8-3-4-10-9(5-8)6-13-7-14-11(10)12/h3-5,7H,2,6H2,1H3,(H2,12,13,14). The number of hydrogen-bond acceptors (Lipinski definition) is 3. The minimum Gasteiger partial charge on any atom is -0.383 e. The first-order chi connectivity index (χ1) is 6.81. The Hall–Kier alpha value is -1.64. The summed E-state index contributed by atoms with van der Waals surface area (Å²) >= 11 is 0. The predicted octanol–water partition coefficient (Wildman–Crippen LogP) is 1.50. The third-order valence-electron chi connectivity index (χ3n) is 2.39. The number of benzene rings is 1. The molecule has 1 aliphatic heterocycles. The molecule has 0 unspecified atom stereocenters. The highest BCUT2D eigenvalue weighted by Gasteiger charge is 2.08. The van der Waals surface area contributed by atoms with E-state index < -0.39 is 0 Å². The molecule has 2 N–H and O–H groups in total. The smallest absolute Gasteiger partial charge is 0.132 e. The Labute approximate surface area is 83.4 Å². The van der Waals surface area contributed by atoms with Gasteiger partial charge >= 0.3 is 0 Å². The fourth-order valence-corrected chi connectivity index (χ4v) is 1.56. The molecule has 0 atom stereocenters. The summed E-state index contributed by atoms with van der Waals surface area (Å²) in [5.74, 6) is 0.559. The maximum atomic E-state index is 5.80. The lowest BCUT2D eigenvalue weighted by Crippen LogP contribution is -2.14. The number of rotatable bonds is 1. The molecular weight excluding hydrogens is 174 g/mol. The van der Waals surface area contributed by atoms with Crippen LogP contribution >= 0.6 is 0 Å². The van der Waals surface area contributed by atoms with Gasteiger partial charge in [0.25, 0.3) is 0 Å². The fourth-order valence-electron chi connectivity index (χ4n) is 1.56. The van der Waals surface area contributed by atoms with E-state index in [1.807, 2.05) is 6.07 Å². The van der Waals surface area contributed by atoms with E-state index in [1.54, 1.807) is 0 Å². The van der Waals surface area contributed by atoms with Crippen molar-refractivity contribution >= 4 is 12.2 Å². The van der Waals surface area contributed by atoms with E-state index in [9.17, 15) is 0 Å². The van der Waals surface area contributed by atoms with Gasteiger partial charge in [0.05, 0.1) is 6.54 Å². The van der Waals surface area contributed by atoms with Crippen molar-refractivity contribution < 1.29 is 0 Å². The summed E-state index contributed by atoms with van der Waals surface area (Å²) in [5.41, 5.74) is 9.29. The molecule has 14 heavy (non-hydrogen) atoms. The Kier molecular flexibility index (Phi) is 2.31. The van der Waals surface area contributed by atoms with Crippen LogP contribution in [0.25, 0.3) is 0 Å². The van der Waals surface area contributed by atoms with Crippen LogP contribution in [-0.4, -0.2) is 12.2 Å². The van der Waals surface area contributed by atoms with Crippen LogP contribution in [0, 0.1) is 0 Å². The van der Waals surface area contributed by atoms with Crippen molar-refractivity contribution in [2.45, 2.75) is 19.9 Å². The SMILES string of the molecule is CCc1ccc2c(c1)CN=CN=C2N. The largest absolute Gasteiger partial charge is 0.383 e. The normalized spacial score (nSPS) is 14.5. The second-order valence-electron chi connectivity index (χ2n) is 3.32. The van der Waals surface area contributed by atoms with Crippen molar-refractivity contribution in [1.29, 1.82) is 0 Å². The van der Waals surface area contributed by atoms with E-state index in [4.69, 9.17) is 5.73 Å². The second kappa shape index (κ2) is 3.62. The lowest BCUT2D eigenvalue weighted by molar-refractivity contribution is 1.05. The van der Waals surface area contributed by atoms with E-state index in [0.717, 1.165) is 12.0 Å². The molecule has 0 aliphatic carbocycles. The highest BCUT2D eigenvalue weighted by atomic mass is 14.9. The van der Waals surface area contributed by atoms with Crippen molar-refractivity contribution in [3.05, 3.63) is 34.9 Å². The summed E-state index contributed by atoms with van der Waals surface area (Å²) in [5, 5.41) is 0. The van der Waals surface area contributed by atoms with Crippen LogP contribution in [-0.2, 0) is 13.0 Å². The number of nitrogens with two attached hydrogens (primary N) is 1. The van der Waals surface area contributed by atoms with Gasteiger partial charge in [-0.3, -0.25) is 4.99 Å². The molecule has 2 rings (SSSR count). The van der Waals surface area contributed by atoms with Gasteiger partial charge in [-0.2, -0.15) is 0 Å². The van der Waals surface area contributed by atoms with E-state index in [2.05, 4.69) is 29.0 Å². The number of hydrogen-bond donors (Lipinski definition) is 1. The molecule has 3 nitrogen and oxygen atoms in total. The van der Waals surface area contributed by atoms with Crippen LogP contribution in [0.2, 0.25) is 0 Å². The first-order valence-electron chi connectivity index (χ1n) is 4.75. The molecule has 3 heteroatoms. The van der Waals surface area contributed by atoms with Gasteiger partial charge in [-0.1, -0.05) is 25.1 Å². The summed E-state index contributed by atoms with van der Waals surface area (Å²) in [7, 11) is 0. The van der Waals surface area contributed by atoms with Crippen LogP contribution in [0.1, 0.15) is 23.6 Å². The molecule has 0 aromatic heterocycles. The van der Waals surface area contributed by atoms with Gasteiger partial charge in [-0.25, -0.2) is 4.99 Å². The van der Waals surface area contributed by atoms with Crippen LogP contribution in [0.15, 0.2) is 28.2 Å². The molecule has 0 radical (unpaired) electrons. The van der Waals surface area contributed by atoms with E-state index in [1.165, 1.54) is 17.5 Å². The summed E-state index contributed by atoms with van der Waals surface area (Å²) in [4.78, 5) is 8.17. The number of amidine groups is 1. The van der Waals surface area contributed by atoms with Crippen LogP contribution in [0.4, 0.5) is 0 Å². The second-order valence-corrected chi connectivity index (χ2v) is 3.32. The minimum absolute atomic E-state index is 0.559. The first-order valence-corrected chi connectivity index (χ1v) is 4.75. The fraction of sp³-hybridized carbons (Fsp3) is 0.273. The Morgan fingerprint density at radius 1 is 1.43 bits per heavy atom. The summed E-state index contributed by atoms with van der Waals surface area (Å²) in [6, 6.07) is 6.27. The molecule has 1 aromatic carbocycles. The summed E-state index contributed by atoms with van der Waals surface area (Å²) < 4.78 is 0. The molecule has 0 amide bonds. The van der Waals surface area contributed by atoms with Crippen molar-refractivity contribution in [2.75, 3.05) is 0 Å². The summed E-state index contributed by atoms with van der Waals surface area (Å²) in [6.45, 7) is 2.81. The number of aliphatic imine (C=N–C) groups is 2. The van der Waals surface area contributed by atoms with Crippen LogP contribution in [0.5, 0.6) is 0 Å². The van der Waals surface area contributed by atoms with Gasteiger partial charge in [-0.05, 0) is 17.5 Å². The molecule has 0 spiro atoms. The monoisotopic (exact) mass is 187 g/mol. The molecular formula is C11H13N3. The molecule has 0 fully saturated rings. The first kappa shape index (κ1) is 8.94. The van der Waals surface area contributed by atoms with E-state index in [-0.39, 0.29) is 0 Å². The highest BCUT2D eigenvalue weighted by molar-refractivity contribution is 6.03. The molecule has 0 saturated carbocycles. The zero-order chi connectivity index (χ0) is 9.97. The Bertz CT molecular complexity index is 405. The Morgan fingerprint density at radius 3 is 3.07 bits per heavy atom. The van der Waals surface area contributed by atoms with E-state index in [0.29, 0.717) is 12.4 Å². The van der Waals surface area contributed by atoms with Crippen molar-refractivity contribution in [3.8, 4) is 0 Å². The summed E-state index contributed by atoms with van der Waals surface area (Å²) in [6.07, 6.45) is 2.56. The third-order valence-corrected chi connectivity index (χ3v) is 2.39. The van der Waals surface area contributed by atoms with Gasteiger partial charge in [-0.15, -0.1) is 0 Å². The van der Waals surface area contributed by atoms with Crippen LogP contribution < -0.4 is 5.73 Å². The Balaban J connectivity index is 2.51. The predicted molar refractivity (Wildman–Crippen MR) is 58.7 cm³/mol. The van der Waals surface area contributed by atoms with Crippen molar-refractivity contribution in [2.24, 2.45) is 15.7 Å². The zero-order valence-electron chi connectivity index (χ0n) is 8.20. The van der Waals surface area contributed by atoms with Gasteiger partial charge in [0.2, 0.25) is 0 Å². The topological polar surface area (TPSA) is 50.7 Å². The molecule has 1 aromatic rings. The van der Waals surface area contributed by atoms with Crippen LogP contribution in [0.3, 0.4) is 0 Å². The number of fused-ring (bicyclic) bond motifs is 1. The molecule has 0 saturated heterocycles. The zero-order valence-corrected chi connectivity index (χ0v) is 8.20. The average molecular weight is 187 g/mol.